The Balaban J connectivity index is 1.74. The van der Waals surface area contributed by atoms with Gasteiger partial charge in [-0.1, -0.05) is 19.8 Å². The van der Waals surface area contributed by atoms with Gasteiger partial charge in [-0.05, 0) is 38.5 Å². The molecular formula is C14H25N3. The molecule has 0 bridgehead atoms. The van der Waals surface area contributed by atoms with Crippen molar-refractivity contribution in [2.75, 3.05) is 0 Å². The molecule has 0 amide bonds. The molecule has 1 aliphatic carbocycles. The molecule has 1 aromatic rings. The summed E-state index contributed by atoms with van der Waals surface area (Å²) < 4.78 is 0. The normalized spacial score (nSPS) is 26.9. The van der Waals surface area contributed by atoms with Gasteiger partial charge in [-0.3, -0.25) is 0 Å². The summed E-state index contributed by atoms with van der Waals surface area (Å²) in [5.74, 6) is 2.04. The van der Waals surface area contributed by atoms with Crippen LogP contribution in [0.5, 0.6) is 0 Å². The van der Waals surface area contributed by atoms with E-state index in [4.69, 9.17) is 0 Å². The molecule has 0 radical (unpaired) electrons. The van der Waals surface area contributed by atoms with Crippen LogP contribution in [0.2, 0.25) is 0 Å². The molecule has 1 atom stereocenters. The van der Waals surface area contributed by atoms with Crippen molar-refractivity contribution in [1.82, 2.24) is 15.3 Å². The van der Waals surface area contributed by atoms with Gasteiger partial charge in [0, 0.05) is 18.4 Å². The Bertz CT molecular complexity index is 299. The van der Waals surface area contributed by atoms with Crippen molar-refractivity contribution >= 4 is 0 Å². The Kier molecular flexibility index (Phi) is 4.60. The fourth-order valence-electron chi connectivity index (χ4n) is 2.97. The van der Waals surface area contributed by atoms with Crippen molar-refractivity contribution in [3.8, 4) is 0 Å². The number of hydrogen-bond donors (Lipinski definition) is 2. The van der Waals surface area contributed by atoms with E-state index in [1.54, 1.807) is 0 Å². The molecule has 1 heterocycles. The van der Waals surface area contributed by atoms with E-state index in [1.807, 2.05) is 12.4 Å². The second-order valence-corrected chi connectivity index (χ2v) is 5.37. The molecule has 0 spiro atoms. The van der Waals surface area contributed by atoms with Gasteiger partial charge < -0.3 is 10.3 Å². The van der Waals surface area contributed by atoms with E-state index in [0.29, 0.717) is 12.1 Å². The number of aromatic amines is 1. The molecule has 0 saturated heterocycles. The lowest BCUT2D eigenvalue weighted by atomic mass is 9.83. The first kappa shape index (κ1) is 12.6. The van der Waals surface area contributed by atoms with Gasteiger partial charge in [0.15, 0.2) is 0 Å². The molecule has 1 fully saturated rings. The van der Waals surface area contributed by atoms with Crippen molar-refractivity contribution in [3.05, 3.63) is 18.2 Å². The van der Waals surface area contributed by atoms with E-state index >= 15 is 0 Å². The zero-order chi connectivity index (χ0) is 12.1. The number of H-pyrrole nitrogens is 1. The van der Waals surface area contributed by atoms with Crippen LogP contribution in [0.4, 0.5) is 0 Å². The summed E-state index contributed by atoms with van der Waals surface area (Å²) in [6.45, 7) is 4.49. The lowest BCUT2D eigenvalue weighted by Gasteiger charge is -2.30. The van der Waals surface area contributed by atoms with Crippen molar-refractivity contribution in [1.29, 1.82) is 0 Å². The minimum atomic E-state index is 0.345. The zero-order valence-electron chi connectivity index (χ0n) is 11.1. The second kappa shape index (κ2) is 6.20. The van der Waals surface area contributed by atoms with Gasteiger partial charge in [-0.25, -0.2) is 4.98 Å². The molecule has 1 aliphatic rings. The highest BCUT2D eigenvalue weighted by atomic mass is 15.0. The average molecular weight is 235 g/mol. The summed E-state index contributed by atoms with van der Waals surface area (Å²) >= 11 is 0. The maximum absolute atomic E-state index is 4.31. The predicted octanol–water partition coefficient (Wildman–Crippen LogP) is 3.42. The summed E-state index contributed by atoms with van der Waals surface area (Å²) in [6.07, 6.45) is 11.9. The summed E-state index contributed by atoms with van der Waals surface area (Å²) in [5.41, 5.74) is 0. The van der Waals surface area contributed by atoms with Crippen LogP contribution in [0.1, 0.15) is 64.2 Å². The lowest BCUT2D eigenvalue weighted by molar-refractivity contribution is 0.265. The minimum absolute atomic E-state index is 0.345. The molecular weight excluding hydrogens is 210 g/mol. The molecule has 0 aromatic carbocycles. The third kappa shape index (κ3) is 3.56. The number of rotatable bonds is 5. The number of aromatic nitrogens is 2. The molecule has 96 valence electrons. The molecule has 2 N–H and O–H groups in total. The van der Waals surface area contributed by atoms with Crippen LogP contribution in [-0.4, -0.2) is 16.0 Å². The summed E-state index contributed by atoms with van der Waals surface area (Å²) in [4.78, 5) is 7.49. The molecule has 17 heavy (non-hydrogen) atoms. The SMILES string of the molecule is CCCC1CCC(NC(C)c2ncc[nH]2)CC1. The number of imidazole rings is 1. The minimum Gasteiger partial charge on any atom is -0.347 e. The monoisotopic (exact) mass is 235 g/mol. The van der Waals surface area contributed by atoms with Crippen molar-refractivity contribution < 1.29 is 0 Å². The zero-order valence-corrected chi connectivity index (χ0v) is 11.1. The highest BCUT2D eigenvalue weighted by molar-refractivity contribution is 4.95. The summed E-state index contributed by atoms with van der Waals surface area (Å²) in [6, 6.07) is 1.03. The average Bonchev–Trinajstić information content (AvgIpc) is 2.86. The topological polar surface area (TPSA) is 40.7 Å². The van der Waals surface area contributed by atoms with E-state index in [2.05, 4.69) is 29.1 Å². The molecule has 0 aliphatic heterocycles. The lowest BCUT2D eigenvalue weighted by Crippen LogP contribution is -2.35. The first-order valence-electron chi connectivity index (χ1n) is 7.05. The highest BCUT2D eigenvalue weighted by Gasteiger charge is 2.22. The smallest absolute Gasteiger partial charge is 0.122 e. The summed E-state index contributed by atoms with van der Waals surface area (Å²) in [5, 5.41) is 3.69. The van der Waals surface area contributed by atoms with Gasteiger partial charge in [0.2, 0.25) is 0 Å². The Hall–Kier alpha value is -0.830. The van der Waals surface area contributed by atoms with E-state index in [-0.39, 0.29) is 0 Å². The van der Waals surface area contributed by atoms with E-state index in [1.165, 1.54) is 38.5 Å². The Morgan fingerprint density at radius 2 is 2.18 bits per heavy atom. The molecule has 1 unspecified atom stereocenters. The first-order valence-corrected chi connectivity index (χ1v) is 7.05. The first-order chi connectivity index (χ1) is 8.29. The predicted molar refractivity (Wildman–Crippen MR) is 70.8 cm³/mol. The van der Waals surface area contributed by atoms with Crippen LogP contribution in [0.25, 0.3) is 0 Å². The maximum Gasteiger partial charge on any atom is 0.122 e. The summed E-state index contributed by atoms with van der Waals surface area (Å²) in [7, 11) is 0. The Morgan fingerprint density at radius 1 is 1.41 bits per heavy atom. The van der Waals surface area contributed by atoms with Crippen LogP contribution in [-0.2, 0) is 0 Å². The van der Waals surface area contributed by atoms with Crippen LogP contribution < -0.4 is 5.32 Å². The van der Waals surface area contributed by atoms with E-state index in [0.717, 1.165) is 11.7 Å². The van der Waals surface area contributed by atoms with Gasteiger partial charge >= 0.3 is 0 Å². The van der Waals surface area contributed by atoms with Crippen LogP contribution in [0, 0.1) is 5.92 Å². The quantitative estimate of drug-likeness (QED) is 0.821. The fourth-order valence-corrected chi connectivity index (χ4v) is 2.97. The van der Waals surface area contributed by atoms with Crippen LogP contribution >= 0.6 is 0 Å². The maximum atomic E-state index is 4.31. The van der Waals surface area contributed by atoms with Crippen LogP contribution in [0.15, 0.2) is 12.4 Å². The van der Waals surface area contributed by atoms with Gasteiger partial charge in [0.05, 0.1) is 6.04 Å². The number of nitrogens with one attached hydrogen (secondary N) is 2. The molecule has 3 heteroatoms. The molecule has 3 nitrogen and oxygen atoms in total. The van der Waals surface area contributed by atoms with Gasteiger partial charge in [-0.15, -0.1) is 0 Å². The highest BCUT2D eigenvalue weighted by Crippen LogP contribution is 2.28. The third-order valence-corrected chi connectivity index (χ3v) is 3.96. The van der Waals surface area contributed by atoms with E-state index < -0.39 is 0 Å². The standard InChI is InChI=1S/C14H25N3/c1-3-4-12-5-7-13(8-6-12)17-11(2)14-15-9-10-16-14/h9-13,17H,3-8H2,1-2H3,(H,15,16). The second-order valence-electron chi connectivity index (χ2n) is 5.37. The van der Waals surface area contributed by atoms with E-state index in [9.17, 15) is 0 Å². The van der Waals surface area contributed by atoms with Crippen molar-refractivity contribution in [2.24, 2.45) is 5.92 Å². The third-order valence-electron chi connectivity index (χ3n) is 3.96. The van der Waals surface area contributed by atoms with Crippen LogP contribution in [0.3, 0.4) is 0 Å². The van der Waals surface area contributed by atoms with Gasteiger partial charge in [-0.2, -0.15) is 0 Å². The Morgan fingerprint density at radius 3 is 2.76 bits per heavy atom. The fraction of sp³-hybridized carbons (Fsp3) is 0.786. The number of hydrogen-bond acceptors (Lipinski definition) is 2. The number of nitrogens with zero attached hydrogens (tertiary/aromatic N) is 1. The van der Waals surface area contributed by atoms with Gasteiger partial charge in [0.1, 0.15) is 5.82 Å². The molecule has 1 saturated carbocycles. The molecule has 2 rings (SSSR count). The molecule has 1 aromatic heterocycles. The van der Waals surface area contributed by atoms with Crippen molar-refractivity contribution in [3.63, 3.8) is 0 Å². The van der Waals surface area contributed by atoms with Crippen molar-refractivity contribution in [2.45, 2.75) is 64.5 Å². The van der Waals surface area contributed by atoms with Gasteiger partial charge in [0.25, 0.3) is 0 Å². The largest absolute Gasteiger partial charge is 0.347 e. The Labute approximate surface area is 104 Å².